The lowest BCUT2D eigenvalue weighted by Gasteiger charge is -2.53. The summed E-state index contributed by atoms with van der Waals surface area (Å²) in [6.45, 7) is 3.16. The zero-order valence-electron chi connectivity index (χ0n) is 16.3. The molecular formula is C22H31N3O2. The first-order chi connectivity index (χ1) is 13.2. The molecule has 4 atom stereocenters. The molecule has 3 heterocycles. The van der Waals surface area contributed by atoms with Gasteiger partial charge in [0.15, 0.2) is 0 Å². The Hall–Kier alpha value is -1.91. The van der Waals surface area contributed by atoms with Crippen LogP contribution in [-0.2, 0) is 4.79 Å². The molecule has 0 bridgehead atoms. The van der Waals surface area contributed by atoms with Crippen LogP contribution < -0.4 is 5.32 Å². The van der Waals surface area contributed by atoms with E-state index in [0.717, 1.165) is 57.9 Å². The number of nitrogens with one attached hydrogen (secondary N) is 1. The van der Waals surface area contributed by atoms with Crippen LogP contribution >= 0.6 is 0 Å². The van der Waals surface area contributed by atoms with E-state index in [2.05, 4.69) is 22.1 Å². The molecule has 1 spiro atoms. The van der Waals surface area contributed by atoms with Crippen molar-refractivity contribution in [1.82, 2.24) is 15.2 Å². The van der Waals surface area contributed by atoms with Crippen molar-refractivity contribution >= 4 is 11.8 Å². The molecule has 2 saturated heterocycles. The quantitative estimate of drug-likeness (QED) is 0.883. The molecule has 5 heteroatoms. The lowest BCUT2D eigenvalue weighted by molar-refractivity contribution is -0.138. The second-order valence-corrected chi connectivity index (χ2v) is 8.56. The third-order valence-corrected chi connectivity index (χ3v) is 7.21. The summed E-state index contributed by atoms with van der Waals surface area (Å²) in [6, 6.07) is 3.83. The SMILES string of the molecule is CCC[C@H]1[C@@H](NC(=O)c2cccnc2)CC[C@@]23CCCN2C(=O)CCC[C@@H]13. The number of hydrogen-bond acceptors (Lipinski definition) is 3. The summed E-state index contributed by atoms with van der Waals surface area (Å²) in [4.78, 5) is 31.8. The molecule has 2 amide bonds. The predicted octanol–water partition coefficient (Wildman–Crippen LogP) is 3.55. The van der Waals surface area contributed by atoms with Crippen LogP contribution in [0.15, 0.2) is 24.5 Å². The summed E-state index contributed by atoms with van der Waals surface area (Å²) in [5, 5.41) is 3.33. The van der Waals surface area contributed by atoms with E-state index in [0.29, 0.717) is 29.7 Å². The zero-order chi connectivity index (χ0) is 18.9. The largest absolute Gasteiger partial charge is 0.349 e. The number of carbonyl (C=O) groups excluding carboxylic acids is 2. The van der Waals surface area contributed by atoms with Crippen molar-refractivity contribution in [2.45, 2.75) is 76.3 Å². The van der Waals surface area contributed by atoms with Crippen molar-refractivity contribution < 1.29 is 9.59 Å². The first-order valence-electron chi connectivity index (χ1n) is 10.7. The van der Waals surface area contributed by atoms with Crippen molar-refractivity contribution in [2.24, 2.45) is 11.8 Å². The smallest absolute Gasteiger partial charge is 0.253 e. The van der Waals surface area contributed by atoms with Crippen molar-refractivity contribution in [3.05, 3.63) is 30.1 Å². The second-order valence-electron chi connectivity index (χ2n) is 8.56. The number of carbonyl (C=O) groups is 2. The number of nitrogens with zero attached hydrogens (tertiary/aromatic N) is 2. The average molecular weight is 370 g/mol. The van der Waals surface area contributed by atoms with E-state index >= 15 is 0 Å². The Kier molecular flexibility index (Phi) is 5.20. The van der Waals surface area contributed by atoms with Gasteiger partial charge < -0.3 is 10.2 Å². The van der Waals surface area contributed by atoms with E-state index in [1.807, 2.05) is 12.1 Å². The van der Waals surface area contributed by atoms with Gasteiger partial charge in [0.05, 0.1) is 5.56 Å². The molecule has 1 aromatic rings. The minimum Gasteiger partial charge on any atom is -0.349 e. The minimum atomic E-state index is -0.0156. The van der Waals surface area contributed by atoms with E-state index in [1.165, 1.54) is 0 Å². The highest BCUT2D eigenvalue weighted by molar-refractivity contribution is 5.94. The lowest BCUT2D eigenvalue weighted by Crippen LogP contribution is -2.60. The summed E-state index contributed by atoms with van der Waals surface area (Å²) in [7, 11) is 0. The van der Waals surface area contributed by atoms with E-state index in [-0.39, 0.29) is 17.5 Å². The Labute approximate surface area is 161 Å². The van der Waals surface area contributed by atoms with Gasteiger partial charge in [-0.3, -0.25) is 14.6 Å². The number of pyridine rings is 1. The Morgan fingerprint density at radius 2 is 2.22 bits per heavy atom. The van der Waals surface area contributed by atoms with Gasteiger partial charge in [-0.1, -0.05) is 13.3 Å². The van der Waals surface area contributed by atoms with E-state index in [4.69, 9.17) is 0 Å². The van der Waals surface area contributed by atoms with Gasteiger partial charge in [0, 0.05) is 36.9 Å². The molecule has 2 aliphatic heterocycles. The summed E-state index contributed by atoms with van der Waals surface area (Å²) in [5.41, 5.74) is 0.690. The molecule has 0 radical (unpaired) electrons. The van der Waals surface area contributed by atoms with E-state index in [1.54, 1.807) is 12.4 Å². The maximum atomic E-state index is 12.8. The number of hydrogen-bond donors (Lipinski definition) is 1. The Morgan fingerprint density at radius 1 is 1.33 bits per heavy atom. The Bertz CT molecular complexity index is 692. The normalized spacial score (nSPS) is 33.1. The van der Waals surface area contributed by atoms with Gasteiger partial charge in [0.25, 0.3) is 5.91 Å². The molecule has 1 saturated carbocycles. The van der Waals surface area contributed by atoms with Crippen molar-refractivity contribution in [3.63, 3.8) is 0 Å². The van der Waals surface area contributed by atoms with Crippen molar-refractivity contribution in [2.75, 3.05) is 6.54 Å². The van der Waals surface area contributed by atoms with Gasteiger partial charge in [0.1, 0.15) is 0 Å². The monoisotopic (exact) mass is 369 g/mol. The van der Waals surface area contributed by atoms with Gasteiger partial charge >= 0.3 is 0 Å². The van der Waals surface area contributed by atoms with Gasteiger partial charge in [-0.25, -0.2) is 0 Å². The van der Waals surface area contributed by atoms with Crippen LogP contribution in [-0.4, -0.2) is 39.8 Å². The highest BCUT2D eigenvalue weighted by atomic mass is 16.2. The van der Waals surface area contributed by atoms with Crippen LogP contribution in [0.4, 0.5) is 0 Å². The van der Waals surface area contributed by atoms with Crippen LogP contribution in [0, 0.1) is 11.8 Å². The van der Waals surface area contributed by atoms with Crippen molar-refractivity contribution in [3.8, 4) is 0 Å². The topological polar surface area (TPSA) is 62.3 Å². The minimum absolute atomic E-state index is 0.0156. The van der Waals surface area contributed by atoms with Crippen LogP contribution in [0.25, 0.3) is 0 Å². The van der Waals surface area contributed by atoms with Crippen LogP contribution in [0.3, 0.4) is 0 Å². The molecule has 4 rings (SSSR count). The third kappa shape index (κ3) is 3.26. The molecular weight excluding hydrogens is 338 g/mol. The fraction of sp³-hybridized carbons (Fsp3) is 0.682. The standard InChI is InChI=1S/C22H31N3O2/c1-2-6-17-18-8-3-9-20(26)25-14-5-11-22(18,25)12-10-19(17)24-21(27)16-7-4-13-23-15-16/h4,7,13,15,17-19H,2-3,5-6,8-12,14H2,1H3,(H,24,27)/t17-,18+,19+,22-/m1/s1. The first-order valence-corrected chi connectivity index (χ1v) is 10.7. The number of amides is 2. The highest BCUT2D eigenvalue weighted by Gasteiger charge is 2.55. The van der Waals surface area contributed by atoms with E-state index in [9.17, 15) is 9.59 Å². The molecule has 0 aromatic carbocycles. The molecule has 3 aliphatic rings. The number of rotatable bonds is 4. The summed E-state index contributed by atoms with van der Waals surface area (Å²) in [6.07, 6.45) is 12.6. The third-order valence-electron chi connectivity index (χ3n) is 7.21. The molecule has 1 N–H and O–H groups in total. The maximum Gasteiger partial charge on any atom is 0.253 e. The second kappa shape index (κ2) is 7.61. The highest BCUT2D eigenvalue weighted by Crippen LogP contribution is 2.52. The molecule has 1 aliphatic carbocycles. The first kappa shape index (κ1) is 18.5. The predicted molar refractivity (Wildman–Crippen MR) is 104 cm³/mol. The molecule has 146 valence electrons. The van der Waals surface area contributed by atoms with Crippen LogP contribution in [0.2, 0.25) is 0 Å². The van der Waals surface area contributed by atoms with Crippen LogP contribution in [0.1, 0.15) is 75.1 Å². The summed E-state index contributed by atoms with van der Waals surface area (Å²) < 4.78 is 0. The Balaban J connectivity index is 1.59. The maximum absolute atomic E-state index is 12.8. The fourth-order valence-corrected chi connectivity index (χ4v) is 6.16. The van der Waals surface area contributed by atoms with Crippen molar-refractivity contribution in [1.29, 1.82) is 0 Å². The van der Waals surface area contributed by atoms with E-state index < -0.39 is 0 Å². The molecule has 0 unspecified atom stereocenters. The zero-order valence-corrected chi connectivity index (χ0v) is 16.3. The molecule has 5 nitrogen and oxygen atoms in total. The average Bonchev–Trinajstić information content (AvgIpc) is 3.05. The summed E-state index contributed by atoms with van der Waals surface area (Å²) in [5.74, 6) is 1.32. The van der Waals surface area contributed by atoms with Gasteiger partial charge in [-0.15, -0.1) is 0 Å². The molecule has 1 aromatic heterocycles. The van der Waals surface area contributed by atoms with Gasteiger partial charge in [0.2, 0.25) is 5.91 Å². The number of aromatic nitrogens is 1. The van der Waals surface area contributed by atoms with Gasteiger partial charge in [-0.2, -0.15) is 0 Å². The van der Waals surface area contributed by atoms with Crippen LogP contribution in [0.5, 0.6) is 0 Å². The lowest BCUT2D eigenvalue weighted by atomic mass is 9.61. The van der Waals surface area contributed by atoms with Gasteiger partial charge in [-0.05, 0) is 68.9 Å². The Morgan fingerprint density at radius 3 is 3.00 bits per heavy atom. The molecule has 27 heavy (non-hydrogen) atoms. The fourth-order valence-electron chi connectivity index (χ4n) is 6.16. The molecule has 3 fully saturated rings. The summed E-state index contributed by atoms with van der Waals surface area (Å²) >= 11 is 0.